The highest BCUT2D eigenvalue weighted by molar-refractivity contribution is 6.30. The maximum Gasteiger partial charge on any atom is 0.224 e. The first kappa shape index (κ1) is 14.4. The highest BCUT2D eigenvalue weighted by atomic mass is 35.5. The lowest BCUT2D eigenvalue weighted by molar-refractivity contribution is 0.450. The van der Waals surface area contributed by atoms with E-state index < -0.39 is 0 Å². The number of hydrogen-bond acceptors (Lipinski definition) is 3. The van der Waals surface area contributed by atoms with Gasteiger partial charge in [0, 0.05) is 28.9 Å². The van der Waals surface area contributed by atoms with E-state index in [1.807, 2.05) is 31.2 Å². The maximum absolute atomic E-state index is 5.97. The third kappa shape index (κ3) is 3.74. The van der Waals surface area contributed by atoms with Crippen molar-refractivity contribution in [2.45, 2.75) is 39.3 Å². The number of ether oxygens (including phenoxy) is 1. The topological polar surface area (TPSA) is 34.1 Å². The first-order valence-corrected chi connectivity index (χ1v) is 7.63. The van der Waals surface area contributed by atoms with E-state index in [9.17, 15) is 0 Å². The summed E-state index contributed by atoms with van der Waals surface area (Å²) < 4.78 is 5.97. The van der Waals surface area contributed by atoms with Gasteiger partial charge in [-0.2, -0.15) is 0 Å². The van der Waals surface area contributed by atoms with Gasteiger partial charge >= 0.3 is 0 Å². The molecule has 0 spiro atoms. The van der Waals surface area contributed by atoms with Crippen molar-refractivity contribution in [3.05, 3.63) is 52.2 Å². The van der Waals surface area contributed by atoms with E-state index in [0.29, 0.717) is 16.9 Å². The van der Waals surface area contributed by atoms with E-state index >= 15 is 0 Å². The maximum atomic E-state index is 5.97. The lowest BCUT2D eigenvalue weighted by atomic mass is 10.1. The average molecular weight is 303 g/mol. The molecule has 1 aromatic carbocycles. The van der Waals surface area contributed by atoms with Crippen molar-refractivity contribution in [1.82, 2.24) is 10.3 Å². The van der Waals surface area contributed by atoms with Crippen molar-refractivity contribution in [2.75, 3.05) is 0 Å². The molecule has 3 nitrogen and oxygen atoms in total. The van der Waals surface area contributed by atoms with Gasteiger partial charge in [-0.25, -0.2) is 4.98 Å². The van der Waals surface area contributed by atoms with Crippen molar-refractivity contribution in [2.24, 2.45) is 0 Å². The van der Waals surface area contributed by atoms with Gasteiger partial charge in [-0.1, -0.05) is 11.6 Å². The highest BCUT2D eigenvalue weighted by Gasteiger charge is 2.21. The third-order valence-electron chi connectivity index (χ3n) is 3.61. The van der Waals surface area contributed by atoms with Gasteiger partial charge in [0.25, 0.3) is 0 Å². The molecule has 0 bridgehead atoms. The lowest BCUT2D eigenvalue weighted by Gasteiger charge is -2.14. The smallest absolute Gasteiger partial charge is 0.224 e. The molecule has 1 heterocycles. The molecule has 1 aromatic heterocycles. The van der Waals surface area contributed by atoms with Gasteiger partial charge in [0.2, 0.25) is 5.88 Å². The van der Waals surface area contributed by atoms with Crippen LogP contribution in [0.3, 0.4) is 0 Å². The second-order valence-electron chi connectivity index (χ2n) is 5.58. The zero-order valence-electron chi connectivity index (χ0n) is 12.3. The summed E-state index contributed by atoms with van der Waals surface area (Å²) in [7, 11) is 0. The summed E-state index contributed by atoms with van der Waals surface area (Å²) in [5, 5.41) is 4.23. The van der Waals surface area contributed by atoms with Crippen molar-refractivity contribution < 1.29 is 4.74 Å². The number of benzene rings is 1. The first-order chi connectivity index (χ1) is 10.1. The molecule has 1 saturated carbocycles. The van der Waals surface area contributed by atoms with Crippen molar-refractivity contribution >= 4 is 11.6 Å². The first-order valence-electron chi connectivity index (χ1n) is 7.26. The third-order valence-corrected chi connectivity index (χ3v) is 3.86. The van der Waals surface area contributed by atoms with E-state index in [1.54, 1.807) is 0 Å². The molecule has 21 heavy (non-hydrogen) atoms. The monoisotopic (exact) mass is 302 g/mol. The fourth-order valence-electron chi connectivity index (χ4n) is 2.28. The van der Waals surface area contributed by atoms with Crippen LogP contribution in [0.2, 0.25) is 5.02 Å². The van der Waals surface area contributed by atoms with Gasteiger partial charge < -0.3 is 10.1 Å². The summed E-state index contributed by atoms with van der Waals surface area (Å²) in [5.74, 6) is 1.44. The Labute approximate surface area is 130 Å². The number of nitrogens with zero attached hydrogens (tertiary/aromatic N) is 1. The Bertz CT molecular complexity index is 636. The van der Waals surface area contributed by atoms with Gasteiger partial charge in [-0.3, -0.25) is 0 Å². The minimum absolute atomic E-state index is 0.661. The van der Waals surface area contributed by atoms with Crippen LogP contribution in [0.15, 0.2) is 30.3 Å². The van der Waals surface area contributed by atoms with Gasteiger partial charge in [0.15, 0.2) is 0 Å². The number of pyridine rings is 1. The van der Waals surface area contributed by atoms with E-state index in [-0.39, 0.29) is 0 Å². The molecule has 0 radical (unpaired) electrons. The Morgan fingerprint density at radius 3 is 2.62 bits per heavy atom. The van der Waals surface area contributed by atoms with Gasteiger partial charge in [-0.05, 0) is 62.6 Å². The SMILES string of the molecule is Cc1cc(C)c(CNC2CC2)c(Oc2ccc(Cl)cc2)n1. The molecule has 0 amide bonds. The van der Waals surface area contributed by atoms with Gasteiger partial charge in [0.1, 0.15) is 5.75 Å². The van der Waals surface area contributed by atoms with Crippen molar-refractivity contribution in [1.29, 1.82) is 0 Å². The summed E-state index contributed by atoms with van der Waals surface area (Å²) >= 11 is 5.91. The molecule has 1 aliphatic carbocycles. The molecular weight excluding hydrogens is 284 g/mol. The van der Waals surface area contributed by atoms with Crippen LogP contribution in [0.4, 0.5) is 0 Å². The summed E-state index contributed by atoms with van der Waals surface area (Å²) in [5.41, 5.74) is 3.30. The molecule has 2 aromatic rings. The van der Waals surface area contributed by atoms with Crippen molar-refractivity contribution in [3.63, 3.8) is 0 Å². The van der Waals surface area contributed by atoms with E-state index in [0.717, 1.165) is 23.6 Å². The number of hydrogen-bond donors (Lipinski definition) is 1. The zero-order chi connectivity index (χ0) is 14.8. The largest absolute Gasteiger partial charge is 0.439 e. The summed E-state index contributed by atoms with van der Waals surface area (Å²) in [6.07, 6.45) is 2.54. The standard InChI is InChI=1S/C17H19ClN2O/c1-11-9-12(2)20-17(16(11)10-19-14-5-6-14)21-15-7-3-13(18)4-8-15/h3-4,7-9,14,19H,5-6,10H2,1-2H3. The molecule has 3 rings (SSSR count). The second-order valence-corrected chi connectivity index (χ2v) is 6.01. The van der Waals surface area contributed by atoms with Gasteiger partial charge in [0.05, 0.1) is 0 Å². The molecule has 0 unspecified atom stereocenters. The van der Waals surface area contributed by atoms with Crippen LogP contribution in [0.1, 0.15) is 29.7 Å². The van der Waals surface area contributed by atoms with E-state index in [4.69, 9.17) is 16.3 Å². The van der Waals surface area contributed by atoms with E-state index in [2.05, 4.69) is 23.3 Å². The Kier molecular flexibility index (Phi) is 4.13. The quantitative estimate of drug-likeness (QED) is 0.889. The minimum Gasteiger partial charge on any atom is -0.439 e. The molecule has 0 aliphatic heterocycles. The highest BCUT2D eigenvalue weighted by Crippen LogP contribution is 2.28. The normalized spacial score (nSPS) is 14.2. The number of aryl methyl sites for hydroxylation is 2. The van der Waals surface area contributed by atoms with Crippen LogP contribution >= 0.6 is 11.6 Å². The lowest BCUT2D eigenvalue weighted by Crippen LogP contribution is -2.17. The molecule has 4 heteroatoms. The Morgan fingerprint density at radius 2 is 1.95 bits per heavy atom. The molecular formula is C17H19ClN2O. The van der Waals surface area contributed by atoms with Crippen LogP contribution in [0, 0.1) is 13.8 Å². The van der Waals surface area contributed by atoms with Crippen LogP contribution in [-0.4, -0.2) is 11.0 Å². The predicted octanol–water partition coefficient (Wildman–Crippen LogP) is 4.40. The van der Waals surface area contributed by atoms with Gasteiger partial charge in [-0.15, -0.1) is 0 Å². The Balaban J connectivity index is 1.85. The van der Waals surface area contributed by atoms with E-state index in [1.165, 1.54) is 18.4 Å². The number of halogens is 1. The molecule has 1 fully saturated rings. The van der Waals surface area contributed by atoms with Crippen LogP contribution in [-0.2, 0) is 6.54 Å². The fourth-order valence-corrected chi connectivity index (χ4v) is 2.40. The summed E-state index contributed by atoms with van der Waals surface area (Å²) in [6.45, 7) is 4.89. The second kappa shape index (κ2) is 6.04. The number of rotatable bonds is 5. The Hall–Kier alpha value is -1.58. The average Bonchev–Trinajstić information content (AvgIpc) is 3.24. The van der Waals surface area contributed by atoms with Crippen LogP contribution in [0.25, 0.3) is 0 Å². The number of aromatic nitrogens is 1. The number of nitrogens with one attached hydrogen (secondary N) is 1. The summed E-state index contributed by atoms with van der Waals surface area (Å²) in [6, 6.07) is 10.1. The van der Waals surface area contributed by atoms with Crippen LogP contribution in [0.5, 0.6) is 11.6 Å². The minimum atomic E-state index is 0.661. The van der Waals surface area contributed by atoms with Crippen LogP contribution < -0.4 is 10.1 Å². The molecule has 1 aliphatic rings. The molecule has 1 N–H and O–H groups in total. The molecule has 0 saturated heterocycles. The Morgan fingerprint density at radius 1 is 1.24 bits per heavy atom. The zero-order valence-corrected chi connectivity index (χ0v) is 13.1. The summed E-state index contributed by atoms with van der Waals surface area (Å²) in [4.78, 5) is 4.55. The van der Waals surface area contributed by atoms with Crippen molar-refractivity contribution in [3.8, 4) is 11.6 Å². The fraction of sp³-hybridized carbons (Fsp3) is 0.353. The molecule has 110 valence electrons. The predicted molar refractivity (Wildman–Crippen MR) is 85.1 cm³/mol. The molecule has 0 atom stereocenters.